The molecule has 2 heterocycles. The third-order valence-electron chi connectivity index (χ3n) is 3.16. The topological polar surface area (TPSA) is 51.4 Å². The van der Waals surface area contributed by atoms with Crippen LogP contribution in [0.1, 0.15) is 19.8 Å². The van der Waals surface area contributed by atoms with Crippen LogP contribution in [0.5, 0.6) is 5.75 Å². The Kier molecular flexibility index (Phi) is 3.29. The Labute approximate surface area is 96.4 Å². The summed E-state index contributed by atoms with van der Waals surface area (Å²) < 4.78 is 5.34. The number of aromatic nitrogens is 1. The molecule has 1 aromatic heterocycles. The Morgan fingerprint density at radius 2 is 2.38 bits per heavy atom. The van der Waals surface area contributed by atoms with Crippen LogP contribution in [0.4, 0.5) is 5.82 Å². The second-order valence-electron chi connectivity index (χ2n) is 4.36. The van der Waals surface area contributed by atoms with Crippen LogP contribution in [-0.4, -0.2) is 30.7 Å². The maximum atomic E-state index is 5.96. The van der Waals surface area contributed by atoms with Crippen molar-refractivity contribution in [1.29, 1.82) is 0 Å². The van der Waals surface area contributed by atoms with E-state index in [1.165, 1.54) is 0 Å². The van der Waals surface area contributed by atoms with Gasteiger partial charge in [0.2, 0.25) is 0 Å². The first-order valence-corrected chi connectivity index (χ1v) is 5.73. The predicted molar refractivity (Wildman–Crippen MR) is 64.8 cm³/mol. The van der Waals surface area contributed by atoms with Crippen LogP contribution in [0, 0.1) is 0 Å². The summed E-state index contributed by atoms with van der Waals surface area (Å²) in [5, 5.41) is 0. The van der Waals surface area contributed by atoms with Crippen molar-refractivity contribution in [1.82, 2.24) is 4.98 Å². The Balaban J connectivity index is 2.23. The van der Waals surface area contributed by atoms with E-state index >= 15 is 0 Å². The Morgan fingerprint density at radius 3 is 3.06 bits per heavy atom. The van der Waals surface area contributed by atoms with E-state index in [-0.39, 0.29) is 0 Å². The molecule has 1 saturated heterocycles. The van der Waals surface area contributed by atoms with Crippen molar-refractivity contribution in [3.05, 3.63) is 18.3 Å². The van der Waals surface area contributed by atoms with Gasteiger partial charge in [-0.2, -0.15) is 0 Å². The van der Waals surface area contributed by atoms with Gasteiger partial charge >= 0.3 is 0 Å². The maximum Gasteiger partial charge on any atom is 0.171 e. The van der Waals surface area contributed by atoms with Crippen molar-refractivity contribution in [3.63, 3.8) is 0 Å². The molecule has 2 N–H and O–H groups in total. The van der Waals surface area contributed by atoms with Crippen LogP contribution in [-0.2, 0) is 0 Å². The molecule has 0 saturated carbocycles. The number of nitrogens with two attached hydrogens (primary N) is 1. The lowest BCUT2D eigenvalue weighted by molar-refractivity contribution is 0.395. The number of piperidine rings is 1. The van der Waals surface area contributed by atoms with Gasteiger partial charge < -0.3 is 15.4 Å². The highest BCUT2D eigenvalue weighted by atomic mass is 16.5. The zero-order valence-electron chi connectivity index (χ0n) is 9.89. The minimum Gasteiger partial charge on any atom is -0.493 e. The third-order valence-corrected chi connectivity index (χ3v) is 3.16. The number of ether oxygens (including phenoxy) is 1. The summed E-state index contributed by atoms with van der Waals surface area (Å²) in [6, 6.07) is 4.58. The molecular weight excluding hydrogens is 202 g/mol. The molecule has 1 aromatic rings. The minimum atomic E-state index is 0.320. The molecule has 2 atom stereocenters. The molecule has 1 fully saturated rings. The van der Waals surface area contributed by atoms with Gasteiger partial charge in [0.15, 0.2) is 11.6 Å². The number of hydrogen-bond acceptors (Lipinski definition) is 4. The van der Waals surface area contributed by atoms with Gasteiger partial charge in [0.25, 0.3) is 0 Å². The molecular formula is C12H19N3O. The molecule has 1 aliphatic rings. The fourth-order valence-corrected chi connectivity index (χ4v) is 2.28. The summed E-state index contributed by atoms with van der Waals surface area (Å²) in [6.45, 7) is 3.14. The summed E-state index contributed by atoms with van der Waals surface area (Å²) in [5.41, 5.74) is 5.96. The molecule has 4 nitrogen and oxygen atoms in total. The van der Waals surface area contributed by atoms with Crippen molar-refractivity contribution in [3.8, 4) is 5.75 Å². The molecule has 0 radical (unpaired) electrons. The summed E-state index contributed by atoms with van der Waals surface area (Å²) in [4.78, 5) is 6.69. The maximum absolute atomic E-state index is 5.96. The number of anilines is 1. The highest BCUT2D eigenvalue weighted by Crippen LogP contribution is 2.29. The molecule has 0 aliphatic carbocycles. The molecule has 1 aliphatic heterocycles. The average Bonchev–Trinajstić information content (AvgIpc) is 2.29. The van der Waals surface area contributed by atoms with Gasteiger partial charge in [0.1, 0.15) is 0 Å². The standard InChI is InChI=1S/C12H19N3O/c1-9-8-10(13)5-7-15(9)12-11(16-2)4-3-6-14-12/h3-4,6,9-10H,5,7-8,13H2,1-2H3. The van der Waals surface area contributed by atoms with E-state index in [0.717, 1.165) is 31.0 Å². The highest BCUT2D eigenvalue weighted by molar-refractivity contribution is 5.53. The fraction of sp³-hybridized carbons (Fsp3) is 0.583. The van der Waals surface area contributed by atoms with E-state index in [2.05, 4.69) is 16.8 Å². The Bertz CT molecular complexity index is 356. The summed E-state index contributed by atoms with van der Waals surface area (Å²) in [5.74, 6) is 1.77. The van der Waals surface area contributed by atoms with Gasteiger partial charge in [-0.1, -0.05) is 0 Å². The second-order valence-corrected chi connectivity index (χ2v) is 4.36. The highest BCUT2D eigenvalue weighted by Gasteiger charge is 2.25. The molecule has 16 heavy (non-hydrogen) atoms. The Hall–Kier alpha value is -1.29. The first-order valence-electron chi connectivity index (χ1n) is 5.73. The van der Waals surface area contributed by atoms with Crippen LogP contribution < -0.4 is 15.4 Å². The zero-order valence-corrected chi connectivity index (χ0v) is 9.89. The first kappa shape index (κ1) is 11.2. The van der Waals surface area contributed by atoms with Gasteiger partial charge in [-0.3, -0.25) is 0 Å². The lowest BCUT2D eigenvalue weighted by Crippen LogP contribution is -2.46. The van der Waals surface area contributed by atoms with Gasteiger partial charge in [-0.05, 0) is 31.9 Å². The van der Waals surface area contributed by atoms with E-state index in [9.17, 15) is 0 Å². The summed E-state index contributed by atoms with van der Waals surface area (Å²) >= 11 is 0. The quantitative estimate of drug-likeness (QED) is 0.820. The number of hydrogen-bond donors (Lipinski definition) is 1. The fourth-order valence-electron chi connectivity index (χ4n) is 2.28. The normalized spacial score (nSPS) is 25.6. The van der Waals surface area contributed by atoms with Crippen molar-refractivity contribution in [2.75, 3.05) is 18.6 Å². The third kappa shape index (κ3) is 2.11. The SMILES string of the molecule is COc1cccnc1N1CCC(N)CC1C. The predicted octanol–water partition coefficient (Wildman–Crippen LogP) is 1.41. The molecule has 0 aromatic carbocycles. The molecule has 0 spiro atoms. The van der Waals surface area contributed by atoms with Gasteiger partial charge in [0, 0.05) is 24.8 Å². The largest absolute Gasteiger partial charge is 0.493 e. The lowest BCUT2D eigenvalue weighted by atomic mass is 9.99. The van der Waals surface area contributed by atoms with Crippen molar-refractivity contribution in [2.45, 2.75) is 31.8 Å². The number of methoxy groups -OCH3 is 1. The van der Waals surface area contributed by atoms with Crippen LogP contribution >= 0.6 is 0 Å². The molecule has 2 rings (SSSR count). The molecule has 4 heteroatoms. The molecule has 2 unspecified atom stereocenters. The van der Waals surface area contributed by atoms with Crippen LogP contribution in [0.25, 0.3) is 0 Å². The molecule has 0 amide bonds. The number of nitrogens with zero attached hydrogens (tertiary/aromatic N) is 2. The number of rotatable bonds is 2. The zero-order chi connectivity index (χ0) is 11.5. The summed E-state index contributed by atoms with van der Waals surface area (Å²) in [7, 11) is 1.68. The van der Waals surface area contributed by atoms with E-state index in [4.69, 9.17) is 10.5 Å². The van der Waals surface area contributed by atoms with Crippen LogP contribution in [0.15, 0.2) is 18.3 Å². The van der Waals surface area contributed by atoms with Crippen LogP contribution in [0.3, 0.4) is 0 Å². The smallest absolute Gasteiger partial charge is 0.171 e. The van der Waals surface area contributed by atoms with E-state index in [0.29, 0.717) is 12.1 Å². The first-order chi connectivity index (χ1) is 7.72. The monoisotopic (exact) mass is 221 g/mol. The van der Waals surface area contributed by atoms with Crippen molar-refractivity contribution in [2.24, 2.45) is 5.73 Å². The van der Waals surface area contributed by atoms with Crippen LogP contribution in [0.2, 0.25) is 0 Å². The van der Waals surface area contributed by atoms with E-state index < -0.39 is 0 Å². The Morgan fingerprint density at radius 1 is 1.56 bits per heavy atom. The number of pyridine rings is 1. The minimum absolute atomic E-state index is 0.320. The van der Waals surface area contributed by atoms with Gasteiger partial charge in [-0.15, -0.1) is 0 Å². The lowest BCUT2D eigenvalue weighted by Gasteiger charge is -2.37. The molecule has 88 valence electrons. The van der Waals surface area contributed by atoms with Gasteiger partial charge in [0.05, 0.1) is 7.11 Å². The second kappa shape index (κ2) is 4.70. The summed E-state index contributed by atoms with van der Waals surface area (Å²) in [6.07, 6.45) is 3.84. The van der Waals surface area contributed by atoms with Crippen molar-refractivity contribution >= 4 is 5.82 Å². The molecule has 0 bridgehead atoms. The van der Waals surface area contributed by atoms with E-state index in [1.54, 1.807) is 13.3 Å². The average molecular weight is 221 g/mol. The van der Waals surface area contributed by atoms with Gasteiger partial charge in [-0.25, -0.2) is 4.98 Å². The van der Waals surface area contributed by atoms with E-state index in [1.807, 2.05) is 12.1 Å². The van der Waals surface area contributed by atoms with Crippen molar-refractivity contribution < 1.29 is 4.74 Å².